The minimum Gasteiger partial charge on any atom is -0.323 e. The second-order valence-corrected chi connectivity index (χ2v) is 6.16. The Kier molecular flexibility index (Phi) is 5.13. The molecule has 0 saturated carbocycles. The SMILES string of the molecule is CCC(CC)CC(N)c1ccc(Br)s1. The van der Waals surface area contributed by atoms with Crippen molar-refractivity contribution in [3.8, 4) is 0 Å². The Bertz CT molecular complexity index is 268. The summed E-state index contributed by atoms with van der Waals surface area (Å²) in [5, 5.41) is 0. The summed E-state index contributed by atoms with van der Waals surface area (Å²) >= 11 is 5.21. The first-order valence-electron chi connectivity index (χ1n) is 5.18. The average molecular weight is 276 g/mol. The van der Waals surface area contributed by atoms with Crippen molar-refractivity contribution < 1.29 is 0 Å². The molecule has 0 amide bonds. The van der Waals surface area contributed by atoms with Gasteiger partial charge in [-0.1, -0.05) is 26.7 Å². The Morgan fingerprint density at radius 2 is 2.00 bits per heavy atom. The zero-order valence-corrected chi connectivity index (χ0v) is 11.2. The molecule has 0 aliphatic heterocycles. The first-order chi connectivity index (χ1) is 6.67. The summed E-state index contributed by atoms with van der Waals surface area (Å²) in [5.74, 6) is 0.769. The number of halogens is 1. The molecule has 80 valence electrons. The van der Waals surface area contributed by atoms with E-state index >= 15 is 0 Å². The molecule has 0 fully saturated rings. The van der Waals surface area contributed by atoms with E-state index in [1.807, 2.05) is 0 Å². The molecule has 0 aliphatic carbocycles. The van der Waals surface area contributed by atoms with Crippen molar-refractivity contribution in [1.29, 1.82) is 0 Å². The largest absolute Gasteiger partial charge is 0.323 e. The zero-order valence-electron chi connectivity index (χ0n) is 8.79. The van der Waals surface area contributed by atoms with Crippen LogP contribution >= 0.6 is 27.3 Å². The van der Waals surface area contributed by atoms with E-state index in [1.165, 1.54) is 21.5 Å². The van der Waals surface area contributed by atoms with Crippen molar-refractivity contribution >= 4 is 27.3 Å². The summed E-state index contributed by atoms with van der Waals surface area (Å²) < 4.78 is 1.17. The molecule has 14 heavy (non-hydrogen) atoms. The van der Waals surface area contributed by atoms with Crippen molar-refractivity contribution in [1.82, 2.24) is 0 Å². The van der Waals surface area contributed by atoms with Gasteiger partial charge < -0.3 is 5.73 Å². The van der Waals surface area contributed by atoms with Crippen LogP contribution < -0.4 is 5.73 Å². The van der Waals surface area contributed by atoms with Gasteiger partial charge in [-0.15, -0.1) is 11.3 Å². The molecule has 1 nitrogen and oxygen atoms in total. The highest BCUT2D eigenvalue weighted by atomic mass is 79.9. The first kappa shape index (κ1) is 12.2. The predicted octanol–water partition coefficient (Wildman–Crippen LogP) is 4.34. The van der Waals surface area contributed by atoms with Gasteiger partial charge in [-0.05, 0) is 40.4 Å². The van der Waals surface area contributed by atoms with E-state index < -0.39 is 0 Å². The molecule has 2 N–H and O–H groups in total. The Morgan fingerprint density at radius 1 is 1.36 bits per heavy atom. The molecule has 1 aromatic rings. The standard InChI is InChI=1S/C11H18BrNS/c1-3-8(4-2)7-9(13)10-5-6-11(12)14-10/h5-6,8-9H,3-4,7,13H2,1-2H3. The molecule has 1 unspecified atom stereocenters. The maximum Gasteiger partial charge on any atom is 0.0701 e. The molecular weight excluding hydrogens is 258 g/mol. The lowest BCUT2D eigenvalue weighted by Crippen LogP contribution is -2.13. The lowest BCUT2D eigenvalue weighted by Gasteiger charge is -2.16. The van der Waals surface area contributed by atoms with Crippen molar-refractivity contribution in [2.75, 3.05) is 0 Å². The normalized spacial score (nSPS) is 13.5. The molecule has 0 aliphatic rings. The van der Waals surface area contributed by atoms with E-state index in [1.54, 1.807) is 11.3 Å². The Labute approximate surface area is 98.8 Å². The average Bonchev–Trinajstić information content (AvgIpc) is 2.61. The molecule has 1 atom stereocenters. The maximum atomic E-state index is 6.15. The van der Waals surface area contributed by atoms with Gasteiger partial charge in [0, 0.05) is 10.9 Å². The minimum atomic E-state index is 0.219. The third-order valence-corrected chi connectivity index (χ3v) is 4.46. The van der Waals surface area contributed by atoms with Crippen LogP contribution in [0.15, 0.2) is 15.9 Å². The Balaban J connectivity index is 2.53. The molecule has 0 saturated heterocycles. The fourth-order valence-corrected chi connectivity index (χ4v) is 3.06. The second-order valence-electron chi connectivity index (χ2n) is 3.67. The highest BCUT2D eigenvalue weighted by molar-refractivity contribution is 9.11. The number of hydrogen-bond acceptors (Lipinski definition) is 2. The van der Waals surface area contributed by atoms with E-state index in [-0.39, 0.29) is 6.04 Å². The molecule has 0 aromatic carbocycles. The zero-order chi connectivity index (χ0) is 10.6. The lowest BCUT2D eigenvalue weighted by molar-refractivity contribution is 0.417. The Hall–Kier alpha value is 0.140. The van der Waals surface area contributed by atoms with Crippen molar-refractivity contribution in [3.63, 3.8) is 0 Å². The van der Waals surface area contributed by atoms with Gasteiger partial charge in [-0.2, -0.15) is 0 Å². The van der Waals surface area contributed by atoms with Gasteiger partial charge in [0.25, 0.3) is 0 Å². The summed E-state index contributed by atoms with van der Waals surface area (Å²) in [6.45, 7) is 4.48. The topological polar surface area (TPSA) is 26.0 Å². The molecule has 0 radical (unpaired) electrons. The molecule has 1 heterocycles. The van der Waals surface area contributed by atoms with Crippen LogP contribution in [0.1, 0.15) is 44.0 Å². The van der Waals surface area contributed by atoms with Gasteiger partial charge in [0.1, 0.15) is 0 Å². The van der Waals surface area contributed by atoms with Crippen molar-refractivity contribution in [2.45, 2.75) is 39.2 Å². The maximum absolute atomic E-state index is 6.15. The minimum absolute atomic E-state index is 0.219. The molecule has 0 bridgehead atoms. The first-order valence-corrected chi connectivity index (χ1v) is 6.79. The quantitative estimate of drug-likeness (QED) is 0.850. The highest BCUT2D eigenvalue weighted by Gasteiger charge is 2.13. The van der Waals surface area contributed by atoms with Gasteiger partial charge >= 0.3 is 0 Å². The fraction of sp³-hybridized carbons (Fsp3) is 0.636. The van der Waals surface area contributed by atoms with Gasteiger partial charge in [0.05, 0.1) is 3.79 Å². The third-order valence-electron chi connectivity index (χ3n) is 2.70. The van der Waals surface area contributed by atoms with Gasteiger partial charge in [-0.3, -0.25) is 0 Å². The van der Waals surface area contributed by atoms with Crippen LogP contribution in [0.2, 0.25) is 0 Å². The monoisotopic (exact) mass is 275 g/mol. The summed E-state index contributed by atoms with van der Waals surface area (Å²) in [4.78, 5) is 1.30. The summed E-state index contributed by atoms with van der Waals surface area (Å²) in [6.07, 6.45) is 3.58. The van der Waals surface area contributed by atoms with Gasteiger partial charge in [0.2, 0.25) is 0 Å². The lowest BCUT2D eigenvalue weighted by atomic mass is 9.94. The molecular formula is C11H18BrNS. The number of nitrogens with two attached hydrogens (primary N) is 1. The van der Waals surface area contributed by atoms with E-state index in [2.05, 4.69) is 41.9 Å². The van der Waals surface area contributed by atoms with E-state index in [0.29, 0.717) is 0 Å². The van der Waals surface area contributed by atoms with Crippen LogP contribution in [0.25, 0.3) is 0 Å². The molecule has 0 spiro atoms. The van der Waals surface area contributed by atoms with Crippen LogP contribution in [0.4, 0.5) is 0 Å². The number of rotatable bonds is 5. The van der Waals surface area contributed by atoms with Crippen LogP contribution in [0, 0.1) is 5.92 Å². The fourth-order valence-electron chi connectivity index (χ4n) is 1.62. The van der Waals surface area contributed by atoms with E-state index in [9.17, 15) is 0 Å². The molecule has 1 rings (SSSR count). The van der Waals surface area contributed by atoms with Crippen molar-refractivity contribution in [3.05, 3.63) is 20.8 Å². The van der Waals surface area contributed by atoms with Crippen LogP contribution in [-0.2, 0) is 0 Å². The van der Waals surface area contributed by atoms with Crippen LogP contribution in [0.5, 0.6) is 0 Å². The summed E-state index contributed by atoms with van der Waals surface area (Å²) in [7, 11) is 0. The second kappa shape index (κ2) is 5.89. The third kappa shape index (κ3) is 3.37. The number of hydrogen-bond donors (Lipinski definition) is 1. The Morgan fingerprint density at radius 3 is 2.43 bits per heavy atom. The van der Waals surface area contributed by atoms with Crippen molar-refractivity contribution in [2.24, 2.45) is 11.7 Å². The van der Waals surface area contributed by atoms with Crippen LogP contribution in [0.3, 0.4) is 0 Å². The molecule has 1 aromatic heterocycles. The van der Waals surface area contributed by atoms with Gasteiger partial charge in [-0.25, -0.2) is 0 Å². The molecule has 3 heteroatoms. The number of thiophene rings is 1. The summed E-state index contributed by atoms with van der Waals surface area (Å²) in [6, 6.07) is 4.42. The van der Waals surface area contributed by atoms with Crippen LogP contribution in [-0.4, -0.2) is 0 Å². The van der Waals surface area contributed by atoms with E-state index in [4.69, 9.17) is 5.73 Å². The summed E-state index contributed by atoms with van der Waals surface area (Å²) in [5.41, 5.74) is 6.15. The predicted molar refractivity (Wildman–Crippen MR) is 67.6 cm³/mol. The smallest absolute Gasteiger partial charge is 0.0701 e. The highest BCUT2D eigenvalue weighted by Crippen LogP contribution is 2.30. The van der Waals surface area contributed by atoms with Gasteiger partial charge in [0.15, 0.2) is 0 Å². The van der Waals surface area contributed by atoms with E-state index in [0.717, 1.165) is 12.3 Å².